The fraction of sp³-hybridized carbons (Fsp3) is 0.400. The predicted octanol–water partition coefficient (Wildman–Crippen LogP) is 2.36. The Bertz CT molecular complexity index is 568. The number of benzene rings is 1. The van der Waals surface area contributed by atoms with Crippen molar-refractivity contribution in [3.8, 4) is 5.75 Å². The van der Waals surface area contributed by atoms with E-state index in [1.807, 2.05) is 17.7 Å². The lowest BCUT2D eigenvalue weighted by molar-refractivity contribution is 0.383. The van der Waals surface area contributed by atoms with Crippen LogP contribution in [0.1, 0.15) is 24.7 Å². The molecule has 0 fully saturated rings. The van der Waals surface area contributed by atoms with Crippen LogP contribution in [0.4, 0.5) is 4.39 Å². The Morgan fingerprint density at radius 1 is 1.45 bits per heavy atom. The van der Waals surface area contributed by atoms with Gasteiger partial charge in [0, 0.05) is 30.4 Å². The molecule has 1 aromatic carbocycles. The number of ether oxygens (including phenoxy) is 1. The third-order valence-corrected chi connectivity index (χ3v) is 3.37. The molecule has 108 valence electrons. The number of hydrogen-bond acceptors (Lipinski definition) is 3. The third-order valence-electron chi connectivity index (χ3n) is 3.37. The third kappa shape index (κ3) is 3.17. The van der Waals surface area contributed by atoms with Crippen molar-refractivity contribution in [2.75, 3.05) is 7.11 Å². The van der Waals surface area contributed by atoms with Crippen molar-refractivity contribution in [1.82, 2.24) is 9.55 Å². The van der Waals surface area contributed by atoms with Crippen LogP contribution in [-0.4, -0.2) is 22.7 Å². The first kappa shape index (κ1) is 14.5. The summed E-state index contributed by atoms with van der Waals surface area (Å²) in [7, 11) is 1.46. The molecule has 0 saturated carbocycles. The maximum absolute atomic E-state index is 14.1. The van der Waals surface area contributed by atoms with E-state index in [2.05, 4.69) is 4.98 Å². The van der Waals surface area contributed by atoms with Crippen LogP contribution in [0.15, 0.2) is 30.6 Å². The van der Waals surface area contributed by atoms with Crippen LogP contribution in [0.5, 0.6) is 5.75 Å². The number of aromatic nitrogens is 2. The van der Waals surface area contributed by atoms with Gasteiger partial charge in [0.1, 0.15) is 5.82 Å². The van der Waals surface area contributed by atoms with E-state index in [1.165, 1.54) is 7.11 Å². The van der Waals surface area contributed by atoms with Gasteiger partial charge in [0.25, 0.3) is 0 Å². The van der Waals surface area contributed by atoms with E-state index < -0.39 is 0 Å². The van der Waals surface area contributed by atoms with Crippen molar-refractivity contribution < 1.29 is 9.13 Å². The van der Waals surface area contributed by atoms with Crippen molar-refractivity contribution >= 4 is 0 Å². The van der Waals surface area contributed by atoms with Crippen LogP contribution in [0.25, 0.3) is 0 Å². The molecule has 0 radical (unpaired) electrons. The molecular formula is C15H20FN3O. The normalized spacial score (nSPS) is 12.4. The summed E-state index contributed by atoms with van der Waals surface area (Å²) in [5.41, 5.74) is 6.53. The molecule has 2 aromatic rings. The van der Waals surface area contributed by atoms with Gasteiger partial charge in [0.2, 0.25) is 0 Å². The van der Waals surface area contributed by atoms with E-state index in [-0.39, 0.29) is 17.6 Å². The number of hydrogen-bond donors (Lipinski definition) is 1. The van der Waals surface area contributed by atoms with Crippen LogP contribution < -0.4 is 10.5 Å². The maximum atomic E-state index is 14.1. The molecule has 4 nitrogen and oxygen atoms in total. The van der Waals surface area contributed by atoms with Crippen molar-refractivity contribution in [2.45, 2.75) is 32.4 Å². The summed E-state index contributed by atoms with van der Waals surface area (Å²) >= 11 is 0. The molecule has 1 atom stereocenters. The van der Waals surface area contributed by atoms with Gasteiger partial charge >= 0.3 is 0 Å². The van der Waals surface area contributed by atoms with E-state index in [1.54, 1.807) is 24.4 Å². The zero-order chi connectivity index (χ0) is 14.5. The summed E-state index contributed by atoms with van der Waals surface area (Å²) in [5, 5.41) is 0. The lowest BCUT2D eigenvalue weighted by Crippen LogP contribution is -2.23. The van der Waals surface area contributed by atoms with Crippen LogP contribution in [-0.2, 0) is 13.0 Å². The first-order valence-corrected chi connectivity index (χ1v) is 6.72. The molecule has 2 rings (SSSR count). The molecule has 0 aliphatic carbocycles. The number of methoxy groups -OCH3 is 1. The Morgan fingerprint density at radius 2 is 2.25 bits per heavy atom. The summed E-state index contributed by atoms with van der Waals surface area (Å²) in [6.07, 6.45) is 5.14. The molecule has 0 saturated heterocycles. The zero-order valence-electron chi connectivity index (χ0n) is 11.8. The van der Waals surface area contributed by atoms with E-state index in [0.717, 1.165) is 12.2 Å². The van der Waals surface area contributed by atoms with Gasteiger partial charge in [-0.05, 0) is 12.5 Å². The molecule has 5 heteroatoms. The zero-order valence-corrected chi connectivity index (χ0v) is 11.8. The van der Waals surface area contributed by atoms with Gasteiger partial charge in [-0.2, -0.15) is 0 Å². The first-order valence-electron chi connectivity index (χ1n) is 6.72. The van der Waals surface area contributed by atoms with Gasteiger partial charge in [0.15, 0.2) is 11.6 Å². The second-order valence-corrected chi connectivity index (χ2v) is 4.78. The lowest BCUT2D eigenvalue weighted by atomic mass is 10.1. The van der Waals surface area contributed by atoms with E-state index in [0.29, 0.717) is 18.5 Å². The minimum absolute atomic E-state index is 0.0753. The fourth-order valence-electron chi connectivity index (χ4n) is 2.07. The molecule has 0 spiro atoms. The van der Waals surface area contributed by atoms with E-state index in [4.69, 9.17) is 10.5 Å². The maximum Gasteiger partial charge on any atom is 0.170 e. The number of imidazole rings is 1. The molecule has 1 aromatic heterocycles. The second-order valence-electron chi connectivity index (χ2n) is 4.78. The van der Waals surface area contributed by atoms with E-state index in [9.17, 15) is 4.39 Å². The first-order chi connectivity index (χ1) is 9.65. The molecule has 20 heavy (non-hydrogen) atoms. The van der Waals surface area contributed by atoms with Gasteiger partial charge < -0.3 is 15.0 Å². The molecule has 1 heterocycles. The Hall–Kier alpha value is -1.88. The monoisotopic (exact) mass is 277 g/mol. The fourth-order valence-corrected chi connectivity index (χ4v) is 2.07. The molecule has 0 amide bonds. The van der Waals surface area contributed by atoms with Crippen LogP contribution in [0.2, 0.25) is 0 Å². The van der Waals surface area contributed by atoms with Crippen LogP contribution >= 0.6 is 0 Å². The highest BCUT2D eigenvalue weighted by molar-refractivity contribution is 5.31. The summed E-state index contributed by atoms with van der Waals surface area (Å²) in [6, 6.07) is 5.22. The molecule has 2 N–H and O–H groups in total. The van der Waals surface area contributed by atoms with Crippen LogP contribution in [0, 0.1) is 5.82 Å². The second kappa shape index (κ2) is 6.52. The summed E-state index contributed by atoms with van der Waals surface area (Å²) in [5.74, 6) is 0.811. The van der Waals surface area contributed by atoms with Gasteiger partial charge in [-0.15, -0.1) is 0 Å². The Balaban J connectivity index is 2.21. The Labute approximate surface area is 118 Å². The highest BCUT2D eigenvalue weighted by atomic mass is 19.1. The van der Waals surface area contributed by atoms with E-state index >= 15 is 0 Å². The highest BCUT2D eigenvalue weighted by Gasteiger charge is 2.12. The highest BCUT2D eigenvalue weighted by Crippen LogP contribution is 2.21. The number of nitrogens with two attached hydrogens (primary N) is 1. The van der Waals surface area contributed by atoms with Crippen molar-refractivity contribution in [2.24, 2.45) is 5.73 Å². The number of nitrogens with zero attached hydrogens (tertiary/aromatic N) is 2. The average molecular weight is 277 g/mol. The predicted molar refractivity (Wildman–Crippen MR) is 76.3 cm³/mol. The van der Waals surface area contributed by atoms with Gasteiger partial charge in [-0.3, -0.25) is 0 Å². The Morgan fingerprint density at radius 3 is 2.95 bits per heavy atom. The van der Waals surface area contributed by atoms with Gasteiger partial charge in [0.05, 0.1) is 13.7 Å². The summed E-state index contributed by atoms with van der Waals surface area (Å²) in [6.45, 7) is 2.47. The molecule has 0 bridgehead atoms. The number of rotatable bonds is 6. The van der Waals surface area contributed by atoms with Crippen molar-refractivity contribution in [3.05, 3.63) is 47.8 Å². The van der Waals surface area contributed by atoms with Gasteiger partial charge in [-0.1, -0.05) is 19.1 Å². The largest absolute Gasteiger partial charge is 0.494 e. The molecular weight excluding hydrogens is 257 g/mol. The van der Waals surface area contributed by atoms with Crippen LogP contribution in [0.3, 0.4) is 0 Å². The van der Waals surface area contributed by atoms with Gasteiger partial charge in [-0.25, -0.2) is 9.37 Å². The smallest absolute Gasteiger partial charge is 0.170 e. The minimum Gasteiger partial charge on any atom is -0.494 e. The van der Waals surface area contributed by atoms with Crippen molar-refractivity contribution in [3.63, 3.8) is 0 Å². The topological polar surface area (TPSA) is 53.1 Å². The SMILES string of the molecule is CCC(N)Cc1nccn1Cc1cccc(OC)c1F. The average Bonchev–Trinajstić information content (AvgIpc) is 2.88. The Kier molecular flexibility index (Phi) is 4.74. The molecule has 1 unspecified atom stereocenters. The summed E-state index contributed by atoms with van der Waals surface area (Å²) < 4.78 is 21.1. The van der Waals surface area contributed by atoms with Crippen molar-refractivity contribution in [1.29, 1.82) is 0 Å². The quantitative estimate of drug-likeness (QED) is 0.882. The standard InChI is InChI=1S/C15H20FN3O/c1-3-12(17)9-14-18-7-8-19(14)10-11-5-4-6-13(20-2)15(11)16/h4-8,12H,3,9-10,17H2,1-2H3. The lowest BCUT2D eigenvalue weighted by Gasteiger charge is -2.13. The summed E-state index contributed by atoms with van der Waals surface area (Å²) in [4.78, 5) is 4.30. The molecule has 0 aliphatic heterocycles. The number of halogens is 1. The molecule has 0 aliphatic rings. The minimum atomic E-state index is -0.325.